The molecule has 31 heavy (non-hydrogen) atoms. The highest BCUT2D eigenvalue weighted by Crippen LogP contribution is 2.30. The molecule has 1 fully saturated rings. The molecule has 0 aromatic heterocycles. The van der Waals surface area contributed by atoms with Gasteiger partial charge in [0, 0.05) is 26.2 Å². The van der Waals surface area contributed by atoms with Crippen LogP contribution in [0.5, 0.6) is 5.75 Å². The van der Waals surface area contributed by atoms with Crippen molar-refractivity contribution < 1.29 is 23.9 Å². The molecular weight excluding hydrogens is 398 g/mol. The summed E-state index contributed by atoms with van der Waals surface area (Å²) in [6, 6.07) is 15.0. The molecule has 0 spiro atoms. The number of carbonyl (C=O) groups excluding carboxylic acids is 2. The van der Waals surface area contributed by atoms with E-state index in [0.717, 1.165) is 60.1 Å². The molecule has 1 saturated heterocycles. The van der Waals surface area contributed by atoms with Gasteiger partial charge in [-0.05, 0) is 30.3 Å². The first-order chi connectivity index (χ1) is 15.1. The van der Waals surface area contributed by atoms with Gasteiger partial charge in [0.15, 0.2) is 5.94 Å². The highest BCUT2D eigenvalue weighted by Gasteiger charge is 2.21. The molecule has 1 aliphatic heterocycles. The minimum atomic E-state index is -0.702. The Bertz CT molecular complexity index is 907. The molecule has 2 aromatic rings. The molecule has 0 unspecified atom stereocenters. The molecule has 164 valence electrons. The summed E-state index contributed by atoms with van der Waals surface area (Å²) in [5.41, 5.74) is 2.62. The summed E-state index contributed by atoms with van der Waals surface area (Å²) in [5.74, 6) is 2.28. The van der Waals surface area contributed by atoms with Gasteiger partial charge in [-0.3, -0.25) is 0 Å². The van der Waals surface area contributed by atoms with Crippen LogP contribution in [0, 0.1) is 0 Å². The van der Waals surface area contributed by atoms with E-state index in [1.807, 2.05) is 48.5 Å². The topological polar surface area (TPSA) is 71.5 Å². The Morgan fingerprint density at radius 2 is 1.84 bits per heavy atom. The number of benzene rings is 2. The van der Waals surface area contributed by atoms with Crippen molar-refractivity contribution in [3.05, 3.63) is 65.9 Å². The van der Waals surface area contributed by atoms with Crippen molar-refractivity contribution in [2.75, 3.05) is 45.2 Å². The van der Waals surface area contributed by atoms with Crippen LogP contribution in [0.1, 0.15) is 11.1 Å². The number of likely N-dealkylation sites (N-methyl/N-ethyl adjacent to an activating group) is 1. The number of nitrogens with zero attached hydrogens (tertiary/aromatic N) is 3. The first-order valence-corrected chi connectivity index (χ1v) is 10.1. The number of amides is 1. The van der Waals surface area contributed by atoms with Crippen LogP contribution in [-0.4, -0.2) is 62.3 Å². The summed E-state index contributed by atoms with van der Waals surface area (Å²) in [6.45, 7) is 3.86. The second-order valence-corrected chi connectivity index (χ2v) is 7.21. The maximum absolute atomic E-state index is 12.6. The first-order valence-electron chi connectivity index (χ1n) is 10.1. The minimum absolute atomic E-state index is 0.0938. The zero-order valence-electron chi connectivity index (χ0n) is 17.8. The fraction of sp³-hybridized carbons (Fsp3) is 0.348. The number of ether oxygens (including phenoxy) is 2. The van der Waals surface area contributed by atoms with E-state index in [2.05, 4.69) is 16.8 Å². The summed E-state index contributed by atoms with van der Waals surface area (Å²) in [6.07, 6.45) is 0.0848. The number of methoxy groups -OCH3 is 1. The zero-order chi connectivity index (χ0) is 22.1. The number of anilines is 1. The number of hydrogen-bond acceptors (Lipinski definition) is 7. The number of carbonyl (C=O) groups is 1. The third-order valence-corrected chi connectivity index (χ3v) is 5.05. The van der Waals surface area contributed by atoms with Gasteiger partial charge in [0.1, 0.15) is 12.4 Å². The van der Waals surface area contributed by atoms with E-state index in [9.17, 15) is 9.59 Å². The van der Waals surface area contributed by atoms with E-state index < -0.39 is 6.09 Å². The fourth-order valence-electron chi connectivity index (χ4n) is 3.32. The summed E-state index contributed by atoms with van der Waals surface area (Å²) in [7, 11) is 3.74. The van der Waals surface area contributed by atoms with Crippen LogP contribution < -0.4 is 9.64 Å². The van der Waals surface area contributed by atoms with E-state index in [-0.39, 0.29) is 13.2 Å². The van der Waals surface area contributed by atoms with E-state index >= 15 is 0 Å². The Balaban J connectivity index is 1.73. The smallest absolute Gasteiger partial charge is 0.443 e. The average Bonchev–Trinajstić information content (AvgIpc) is 2.81. The van der Waals surface area contributed by atoms with Crippen molar-refractivity contribution in [3.63, 3.8) is 0 Å². The molecule has 1 heterocycles. The summed E-state index contributed by atoms with van der Waals surface area (Å²) in [4.78, 5) is 32.9. The summed E-state index contributed by atoms with van der Waals surface area (Å²) >= 11 is 0. The molecule has 1 amide bonds. The summed E-state index contributed by atoms with van der Waals surface area (Å²) in [5, 5.41) is 0.989. The van der Waals surface area contributed by atoms with Crippen LogP contribution in [0.15, 0.2) is 54.8 Å². The predicted octanol–water partition coefficient (Wildman–Crippen LogP) is 2.86. The molecule has 0 saturated carbocycles. The van der Waals surface area contributed by atoms with Crippen molar-refractivity contribution >= 4 is 17.7 Å². The molecule has 8 heteroatoms. The lowest BCUT2D eigenvalue weighted by Gasteiger charge is -2.35. The third kappa shape index (κ3) is 6.25. The van der Waals surface area contributed by atoms with Crippen LogP contribution in [0.3, 0.4) is 0 Å². The molecule has 0 bridgehead atoms. The van der Waals surface area contributed by atoms with Gasteiger partial charge in [0.2, 0.25) is 6.26 Å². The maximum atomic E-state index is 12.6. The Hall–Kier alpha value is -3.48. The van der Waals surface area contributed by atoms with E-state index in [0.29, 0.717) is 0 Å². The van der Waals surface area contributed by atoms with Gasteiger partial charge in [0.25, 0.3) is 0 Å². The number of hydroxylamine groups is 2. The van der Waals surface area contributed by atoms with E-state index in [1.54, 1.807) is 7.11 Å². The van der Waals surface area contributed by atoms with Crippen LogP contribution >= 0.6 is 0 Å². The minimum Gasteiger partial charge on any atom is -0.495 e. The van der Waals surface area contributed by atoms with Gasteiger partial charge in [0.05, 0.1) is 19.3 Å². The van der Waals surface area contributed by atoms with Crippen LogP contribution in [0.2, 0.25) is 0 Å². The van der Waals surface area contributed by atoms with Crippen molar-refractivity contribution in [1.29, 1.82) is 0 Å². The largest absolute Gasteiger partial charge is 0.495 e. The Morgan fingerprint density at radius 1 is 1.10 bits per heavy atom. The molecule has 1 aliphatic rings. The van der Waals surface area contributed by atoms with Gasteiger partial charge >= 0.3 is 6.09 Å². The lowest BCUT2D eigenvalue weighted by molar-refractivity contribution is -0.0922. The van der Waals surface area contributed by atoms with Gasteiger partial charge in [-0.2, -0.15) is 0 Å². The molecule has 8 nitrogen and oxygen atoms in total. The van der Waals surface area contributed by atoms with Crippen LogP contribution in [-0.2, 0) is 27.5 Å². The van der Waals surface area contributed by atoms with E-state index in [1.165, 1.54) is 5.94 Å². The van der Waals surface area contributed by atoms with Crippen molar-refractivity contribution in [2.24, 2.45) is 0 Å². The quantitative estimate of drug-likeness (QED) is 0.366. The van der Waals surface area contributed by atoms with Crippen molar-refractivity contribution in [1.82, 2.24) is 9.96 Å². The lowest BCUT2D eigenvalue weighted by atomic mass is 10.1. The second-order valence-electron chi connectivity index (χ2n) is 7.21. The Labute approximate surface area is 182 Å². The third-order valence-electron chi connectivity index (χ3n) is 5.05. The van der Waals surface area contributed by atoms with Crippen LogP contribution in [0.4, 0.5) is 10.5 Å². The van der Waals surface area contributed by atoms with Gasteiger partial charge in [-0.1, -0.05) is 36.4 Å². The number of piperazine rings is 1. The highest BCUT2D eigenvalue weighted by molar-refractivity contribution is 5.67. The van der Waals surface area contributed by atoms with E-state index in [4.69, 9.17) is 14.3 Å². The number of hydrogen-bond donors (Lipinski definition) is 0. The Kier molecular flexibility index (Phi) is 7.92. The lowest BCUT2D eigenvalue weighted by Crippen LogP contribution is -2.44. The summed E-state index contributed by atoms with van der Waals surface area (Å²) < 4.78 is 10.9. The zero-order valence-corrected chi connectivity index (χ0v) is 17.8. The molecule has 0 N–H and O–H groups in total. The van der Waals surface area contributed by atoms with Crippen molar-refractivity contribution in [3.8, 4) is 5.75 Å². The monoisotopic (exact) mass is 425 g/mol. The maximum Gasteiger partial charge on any atom is 0.443 e. The van der Waals surface area contributed by atoms with Crippen molar-refractivity contribution in [2.45, 2.75) is 13.2 Å². The first kappa shape index (κ1) is 22.2. The number of rotatable bonds is 8. The SMILES string of the molecule is COc1ccc(CN(OC=C=O)C(=O)OCc2ccccc2)cc1N1CCN(C)CC1. The molecule has 3 rings (SSSR count). The van der Waals surface area contributed by atoms with Gasteiger partial charge < -0.3 is 24.1 Å². The Morgan fingerprint density at radius 3 is 2.52 bits per heavy atom. The molecule has 2 aromatic carbocycles. The normalized spacial score (nSPS) is 13.8. The second kappa shape index (κ2) is 11.1. The average molecular weight is 425 g/mol. The predicted molar refractivity (Wildman–Crippen MR) is 116 cm³/mol. The standard InChI is InChI=1S/C23H27N3O5/c1-24-10-12-25(13-11-24)21-16-20(8-9-22(21)29-2)17-26(31-15-14-27)23(28)30-18-19-6-4-3-5-7-19/h3-9,15-16H,10-13,17-18H2,1-2H3. The highest BCUT2D eigenvalue weighted by atomic mass is 16.7. The molecule has 0 atom stereocenters. The molecule has 0 aliphatic carbocycles. The van der Waals surface area contributed by atoms with Crippen LogP contribution in [0.25, 0.3) is 0 Å². The van der Waals surface area contributed by atoms with Gasteiger partial charge in [-0.25, -0.2) is 9.59 Å². The molecule has 0 radical (unpaired) electrons. The molecular formula is C23H27N3O5. The fourth-order valence-corrected chi connectivity index (χ4v) is 3.32. The van der Waals surface area contributed by atoms with Gasteiger partial charge in [-0.15, -0.1) is 5.06 Å².